The van der Waals surface area contributed by atoms with Crippen molar-refractivity contribution in [3.05, 3.63) is 36.2 Å². The molecule has 0 saturated carbocycles. The quantitative estimate of drug-likeness (QED) is 0.858. The van der Waals surface area contributed by atoms with Crippen LogP contribution in [-0.4, -0.2) is 29.0 Å². The van der Waals surface area contributed by atoms with Gasteiger partial charge in [-0.2, -0.15) is 5.10 Å². The van der Waals surface area contributed by atoms with Gasteiger partial charge in [-0.15, -0.1) is 0 Å². The number of aryl methyl sites for hydroxylation is 1. The van der Waals surface area contributed by atoms with Crippen molar-refractivity contribution in [1.29, 1.82) is 0 Å². The Morgan fingerprint density at radius 1 is 1.25 bits per heavy atom. The van der Waals surface area contributed by atoms with Crippen molar-refractivity contribution < 1.29 is 9.47 Å². The smallest absolute Gasteiger partial charge is 0.146 e. The number of nitrogens with one attached hydrogen (secondary N) is 1. The Hall–Kier alpha value is -2.08. The predicted molar refractivity (Wildman–Crippen MR) is 82.8 cm³/mol. The summed E-state index contributed by atoms with van der Waals surface area (Å²) in [6, 6.07) is 7.43. The van der Waals surface area contributed by atoms with E-state index in [9.17, 15) is 0 Å². The van der Waals surface area contributed by atoms with Crippen molar-refractivity contribution in [1.82, 2.24) is 9.78 Å². The molecule has 0 radical (unpaired) electrons. The monoisotopic (exact) mass is 291 g/mol. The summed E-state index contributed by atoms with van der Waals surface area (Å²) in [5.41, 5.74) is 1.42. The largest absolute Gasteiger partial charge is 0.494 e. The molecule has 0 aliphatic heterocycles. The van der Waals surface area contributed by atoms with Crippen molar-refractivity contribution in [3.8, 4) is 11.5 Å². The molecule has 0 bridgehead atoms. The van der Waals surface area contributed by atoms with Crippen LogP contribution >= 0.6 is 12.2 Å². The molecule has 0 amide bonds. The van der Waals surface area contributed by atoms with Gasteiger partial charge in [0.15, 0.2) is 0 Å². The molecule has 20 heavy (non-hydrogen) atoms. The number of aromatic nitrogens is 2. The summed E-state index contributed by atoms with van der Waals surface area (Å²) in [6.07, 6.45) is 1.89. The van der Waals surface area contributed by atoms with Gasteiger partial charge in [0, 0.05) is 12.7 Å². The molecule has 1 aromatic heterocycles. The van der Waals surface area contributed by atoms with Crippen LogP contribution < -0.4 is 14.8 Å². The van der Waals surface area contributed by atoms with Crippen molar-refractivity contribution >= 4 is 22.9 Å². The average molecular weight is 291 g/mol. The fourth-order valence-corrected chi connectivity index (χ4v) is 2.02. The minimum Gasteiger partial charge on any atom is -0.494 e. The number of hydrogen-bond donors (Lipinski definition) is 1. The number of benzene rings is 1. The minimum atomic E-state index is 0.528. The Balaban J connectivity index is 2.27. The zero-order valence-corrected chi connectivity index (χ0v) is 12.5. The molecule has 0 aliphatic carbocycles. The van der Waals surface area contributed by atoms with E-state index >= 15 is 0 Å². The molecule has 2 rings (SSSR count). The predicted octanol–water partition coefficient (Wildman–Crippen LogP) is 2.71. The third kappa shape index (κ3) is 2.91. The van der Waals surface area contributed by atoms with E-state index in [1.165, 1.54) is 0 Å². The highest BCUT2D eigenvalue weighted by Gasteiger charge is 2.13. The van der Waals surface area contributed by atoms with Crippen LogP contribution in [0.5, 0.6) is 11.5 Å². The van der Waals surface area contributed by atoms with Crippen LogP contribution in [0.1, 0.15) is 12.6 Å². The van der Waals surface area contributed by atoms with E-state index < -0.39 is 0 Å². The van der Waals surface area contributed by atoms with E-state index in [0.29, 0.717) is 22.2 Å². The van der Waals surface area contributed by atoms with Crippen LogP contribution in [0.15, 0.2) is 30.5 Å². The van der Waals surface area contributed by atoms with Crippen LogP contribution in [0.2, 0.25) is 0 Å². The molecular formula is C14H17N3O2S. The first-order valence-corrected chi connectivity index (χ1v) is 6.66. The Bertz CT molecular complexity index is 588. The second kappa shape index (κ2) is 6.38. The molecule has 2 aromatic rings. The molecule has 1 heterocycles. The molecule has 0 spiro atoms. The standard InChI is InChI=1S/C14H17N3O2S/c1-4-17-9-8-10(16-17)14(20)15-13-11(18-2)6-5-7-12(13)19-3/h5-9H,4H2,1-3H3,(H,15,20). The van der Waals surface area contributed by atoms with E-state index in [0.717, 1.165) is 12.2 Å². The first kappa shape index (κ1) is 14.3. The Labute approximate surface area is 123 Å². The number of hydrogen-bond acceptors (Lipinski definition) is 4. The van der Waals surface area contributed by atoms with Crippen molar-refractivity contribution in [2.45, 2.75) is 13.5 Å². The Morgan fingerprint density at radius 2 is 1.90 bits per heavy atom. The third-order valence-corrected chi connectivity index (χ3v) is 3.17. The number of methoxy groups -OCH3 is 2. The summed E-state index contributed by atoms with van der Waals surface area (Å²) >= 11 is 5.38. The van der Waals surface area contributed by atoms with Gasteiger partial charge in [-0.05, 0) is 25.1 Å². The topological polar surface area (TPSA) is 48.3 Å². The molecule has 0 unspecified atom stereocenters. The summed E-state index contributed by atoms with van der Waals surface area (Å²) in [6.45, 7) is 2.83. The first-order valence-electron chi connectivity index (χ1n) is 6.25. The van der Waals surface area contributed by atoms with Gasteiger partial charge in [-0.1, -0.05) is 18.3 Å². The van der Waals surface area contributed by atoms with Gasteiger partial charge in [0.2, 0.25) is 0 Å². The summed E-state index contributed by atoms with van der Waals surface area (Å²) in [5.74, 6) is 1.34. The first-order chi connectivity index (χ1) is 9.69. The highest BCUT2D eigenvalue weighted by atomic mass is 32.1. The zero-order valence-electron chi connectivity index (χ0n) is 11.7. The maximum Gasteiger partial charge on any atom is 0.146 e. The van der Waals surface area contributed by atoms with E-state index in [2.05, 4.69) is 10.4 Å². The SMILES string of the molecule is CCn1ccc(C(=S)Nc2c(OC)cccc2OC)n1. The molecule has 1 N–H and O–H groups in total. The molecule has 1 aromatic carbocycles. The average Bonchev–Trinajstić information content (AvgIpc) is 2.96. The fraction of sp³-hybridized carbons (Fsp3) is 0.286. The molecule has 106 valence electrons. The van der Waals surface area contributed by atoms with Crippen LogP contribution in [0.3, 0.4) is 0 Å². The molecule has 5 nitrogen and oxygen atoms in total. The van der Waals surface area contributed by atoms with E-state index in [-0.39, 0.29) is 0 Å². The number of ether oxygens (including phenoxy) is 2. The highest BCUT2D eigenvalue weighted by Crippen LogP contribution is 2.34. The van der Waals surface area contributed by atoms with Gasteiger partial charge >= 0.3 is 0 Å². The summed E-state index contributed by atoms with van der Waals surface area (Å²) < 4.78 is 12.5. The molecular weight excluding hydrogens is 274 g/mol. The second-order valence-corrected chi connectivity index (χ2v) is 4.46. The van der Waals surface area contributed by atoms with Gasteiger partial charge in [0.1, 0.15) is 27.9 Å². The fourth-order valence-electron chi connectivity index (χ4n) is 1.81. The lowest BCUT2D eigenvalue weighted by molar-refractivity contribution is 0.398. The molecule has 0 aliphatic rings. The summed E-state index contributed by atoms with van der Waals surface area (Å²) in [7, 11) is 3.21. The lowest BCUT2D eigenvalue weighted by atomic mass is 10.2. The van der Waals surface area contributed by atoms with E-state index in [1.807, 2.05) is 42.1 Å². The zero-order chi connectivity index (χ0) is 14.5. The second-order valence-electron chi connectivity index (χ2n) is 4.05. The molecule has 6 heteroatoms. The number of anilines is 1. The van der Waals surface area contributed by atoms with Crippen LogP contribution in [0, 0.1) is 0 Å². The van der Waals surface area contributed by atoms with Gasteiger partial charge < -0.3 is 14.8 Å². The summed E-state index contributed by atoms with van der Waals surface area (Å²) in [4.78, 5) is 0.528. The van der Waals surface area contributed by atoms with Crippen LogP contribution in [0.4, 0.5) is 5.69 Å². The maximum absolute atomic E-state index is 5.38. The van der Waals surface area contributed by atoms with Gasteiger partial charge in [0.05, 0.1) is 14.2 Å². The minimum absolute atomic E-state index is 0.528. The highest BCUT2D eigenvalue weighted by molar-refractivity contribution is 7.81. The number of rotatable bonds is 5. The Kier molecular flexibility index (Phi) is 4.57. The number of thiocarbonyl (C=S) groups is 1. The van der Waals surface area contributed by atoms with Gasteiger partial charge in [-0.3, -0.25) is 4.68 Å². The van der Waals surface area contributed by atoms with E-state index in [1.54, 1.807) is 14.2 Å². The number of para-hydroxylation sites is 1. The lowest BCUT2D eigenvalue weighted by Gasteiger charge is -2.14. The van der Waals surface area contributed by atoms with Crippen LogP contribution in [0.25, 0.3) is 0 Å². The third-order valence-electron chi connectivity index (χ3n) is 2.86. The number of nitrogens with zero attached hydrogens (tertiary/aromatic N) is 2. The summed E-state index contributed by atoms with van der Waals surface area (Å²) in [5, 5.41) is 7.51. The molecule has 0 atom stereocenters. The molecule has 0 fully saturated rings. The van der Waals surface area contributed by atoms with Crippen molar-refractivity contribution in [2.75, 3.05) is 19.5 Å². The van der Waals surface area contributed by atoms with Gasteiger partial charge in [0.25, 0.3) is 0 Å². The normalized spacial score (nSPS) is 10.2. The van der Waals surface area contributed by atoms with Gasteiger partial charge in [-0.25, -0.2) is 0 Å². The lowest BCUT2D eigenvalue weighted by Crippen LogP contribution is -2.13. The Morgan fingerprint density at radius 3 is 2.40 bits per heavy atom. The van der Waals surface area contributed by atoms with Crippen molar-refractivity contribution in [3.63, 3.8) is 0 Å². The molecule has 0 saturated heterocycles. The van der Waals surface area contributed by atoms with Crippen molar-refractivity contribution in [2.24, 2.45) is 0 Å². The van der Waals surface area contributed by atoms with Crippen LogP contribution in [-0.2, 0) is 6.54 Å². The van der Waals surface area contributed by atoms with E-state index in [4.69, 9.17) is 21.7 Å². The maximum atomic E-state index is 5.38.